The van der Waals surface area contributed by atoms with Crippen LogP contribution >= 0.6 is 0 Å². The van der Waals surface area contributed by atoms with Crippen molar-refractivity contribution in [1.82, 2.24) is 4.98 Å². The Bertz CT molecular complexity index is 322. The van der Waals surface area contributed by atoms with E-state index in [2.05, 4.69) is 37.9 Å². The Balaban J connectivity index is 2.22. The maximum atomic E-state index is 4.48. The fraction of sp³-hybridized carbons (Fsp3) is 0.615. The summed E-state index contributed by atoms with van der Waals surface area (Å²) < 4.78 is 0. The van der Waals surface area contributed by atoms with Crippen LogP contribution in [0.3, 0.4) is 0 Å². The zero-order chi connectivity index (χ0) is 10.2. The molecule has 1 unspecified atom stereocenters. The lowest BCUT2D eigenvalue weighted by atomic mass is 9.72. The Kier molecular flexibility index (Phi) is 2.34. The van der Waals surface area contributed by atoms with E-state index in [1.54, 1.807) is 0 Å². The molecule has 0 spiro atoms. The lowest BCUT2D eigenvalue weighted by Gasteiger charge is -2.34. The number of fused-ring (bicyclic) bond motifs is 1. The third kappa shape index (κ3) is 1.82. The van der Waals surface area contributed by atoms with Crippen molar-refractivity contribution in [3.8, 4) is 0 Å². The summed E-state index contributed by atoms with van der Waals surface area (Å²) in [6, 6.07) is 4.28. The molecule has 0 bridgehead atoms. The number of hydrogen-bond donors (Lipinski definition) is 0. The van der Waals surface area contributed by atoms with Gasteiger partial charge in [0.05, 0.1) is 0 Å². The van der Waals surface area contributed by atoms with Gasteiger partial charge < -0.3 is 0 Å². The Hall–Kier alpha value is -0.850. The maximum absolute atomic E-state index is 4.48. The van der Waals surface area contributed by atoms with Gasteiger partial charge in [-0.2, -0.15) is 0 Å². The van der Waals surface area contributed by atoms with Crippen LogP contribution in [0.25, 0.3) is 0 Å². The standard InChI is InChI=1S/C13H19N/c1-13(2,3)11-7-6-10-5-4-8-14-12(10)9-11/h4-5,8,11H,6-7,9H2,1-3H3. The second-order valence-electron chi connectivity index (χ2n) is 5.41. The number of aromatic nitrogens is 1. The van der Waals surface area contributed by atoms with Gasteiger partial charge in [0.1, 0.15) is 0 Å². The lowest BCUT2D eigenvalue weighted by Crippen LogP contribution is -2.27. The molecular formula is C13H19N. The van der Waals surface area contributed by atoms with Crippen LogP contribution in [0, 0.1) is 11.3 Å². The summed E-state index contributed by atoms with van der Waals surface area (Å²) in [6.45, 7) is 7.02. The summed E-state index contributed by atoms with van der Waals surface area (Å²) in [4.78, 5) is 4.48. The molecule has 0 amide bonds. The zero-order valence-electron chi connectivity index (χ0n) is 9.38. The van der Waals surface area contributed by atoms with E-state index < -0.39 is 0 Å². The average molecular weight is 189 g/mol. The molecule has 0 radical (unpaired) electrons. The SMILES string of the molecule is CC(C)(C)C1CCc2cccnc2C1. The highest BCUT2D eigenvalue weighted by Gasteiger charge is 2.28. The van der Waals surface area contributed by atoms with Crippen LogP contribution in [0.2, 0.25) is 0 Å². The molecule has 1 heterocycles. The second-order valence-corrected chi connectivity index (χ2v) is 5.41. The highest BCUT2D eigenvalue weighted by Crippen LogP contribution is 2.36. The zero-order valence-corrected chi connectivity index (χ0v) is 9.38. The van der Waals surface area contributed by atoms with Crippen LogP contribution in [-0.2, 0) is 12.8 Å². The smallest absolute Gasteiger partial charge is 0.0438 e. The van der Waals surface area contributed by atoms with Crippen molar-refractivity contribution in [3.05, 3.63) is 29.6 Å². The molecular weight excluding hydrogens is 170 g/mol. The number of pyridine rings is 1. The first-order chi connectivity index (χ1) is 6.57. The molecule has 0 aliphatic heterocycles. The predicted molar refractivity (Wildman–Crippen MR) is 59.2 cm³/mol. The number of nitrogens with zero attached hydrogens (tertiary/aromatic N) is 1. The van der Waals surface area contributed by atoms with E-state index in [0.717, 1.165) is 5.92 Å². The van der Waals surface area contributed by atoms with Gasteiger partial charge in [0.15, 0.2) is 0 Å². The summed E-state index contributed by atoms with van der Waals surface area (Å²) >= 11 is 0. The molecule has 0 aromatic carbocycles. The normalized spacial score (nSPS) is 21.8. The molecule has 0 saturated heterocycles. The van der Waals surface area contributed by atoms with Gasteiger partial charge in [-0.05, 0) is 42.2 Å². The molecule has 0 N–H and O–H groups in total. The van der Waals surface area contributed by atoms with Gasteiger partial charge in [-0.25, -0.2) is 0 Å². The van der Waals surface area contributed by atoms with Crippen molar-refractivity contribution >= 4 is 0 Å². The summed E-state index contributed by atoms with van der Waals surface area (Å²) in [5, 5.41) is 0. The molecule has 14 heavy (non-hydrogen) atoms. The fourth-order valence-electron chi connectivity index (χ4n) is 2.29. The molecule has 0 saturated carbocycles. The summed E-state index contributed by atoms with van der Waals surface area (Å²) in [6.07, 6.45) is 5.62. The van der Waals surface area contributed by atoms with Gasteiger partial charge in [0.2, 0.25) is 0 Å². The summed E-state index contributed by atoms with van der Waals surface area (Å²) in [7, 11) is 0. The maximum Gasteiger partial charge on any atom is 0.0438 e. The Morgan fingerprint density at radius 3 is 2.86 bits per heavy atom. The Morgan fingerprint density at radius 2 is 2.14 bits per heavy atom. The minimum Gasteiger partial charge on any atom is -0.261 e. The monoisotopic (exact) mass is 189 g/mol. The molecule has 1 aliphatic carbocycles. The highest BCUT2D eigenvalue weighted by atomic mass is 14.7. The van der Waals surface area contributed by atoms with Gasteiger partial charge in [-0.3, -0.25) is 4.98 Å². The Labute approximate surface area is 86.6 Å². The first kappa shape index (κ1) is 9.70. The molecule has 0 fully saturated rings. The molecule has 1 aromatic heterocycles. The fourth-order valence-corrected chi connectivity index (χ4v) is 2.29. The van der Waals surface area contributed by atoms with Gasteiger partial charge in [0, 0.05) is 11.9 Å². The van der Waals surface area contributed by atoms with Gasteiger partial charge in [0.25, 0.3) is 0 Å². The van der Waals surface area contributed by atoms with Crippen molar-refractivity contribution in [1.29, 1.82) is 0 Å². The Morgan fingerprint density at radius 1 is 1.36 bits per heavy atom. The van der Waals surface area contributed by atoms with Crippen molar-refractivity contribution in [2.24, 2.45) is 11.3 Å². The molecule has 1 atom stereocenters. The van der Waals surface area contributed by atoms with E-state index in [1.165, 1.54) is 30.5 Å². The van der Waals surface area contributed by atoms with Crippen molar-refractivity contribution in [2.75, 3.05) is 0 Å². The molecule has 1 nitrogen and oxygen atoms in total. The van der Waals surface area contributed by atoms with Gasteiger partial charge in [-0.1, -0.05) is 26.8 Å². The van der Waals surface area contributed by atoms with Crippen molar-refractivity contribution < 1.29 is 0 Å². The lowest BCUT2D eigenvalue weighted by molar-refractivity contribution is 0.214. The van der Waals surface area contributed by atoms with E-state index >= 15 is 0 Å². The third-order valence-corrected chi connectivity index (χ3v) is 3.41. The summed E-state index contributed by atoms with van der Waals surface area (Å²) in [5.74, 6) is 0.796. The number of rotatable bonds is 0. The third-order valence-electron chi connectivity index (χ3n) is 3.41. The molecule has 1 aromatic rings. The van der Waals surface area contributed by atoms with E-state index in [1.807, 2.05) is 6.20 Å². The van der Waals surface area contributed by atoms with Crippen LogP contribution in [0.1, 0.15) is 38.4 Å². The first-order valence-corrected chi connectivity index (χ1v) is 5.50. The van der Waals surface area contributed by atoms with E-state index in [0.29, 0.717) is 5.41 Å². The second kappa shape index (κ2) is 3.38. The average Bonchev–Trinajstić information content (AvgIpc) is 2.16. The molecule has 1 heteroatoms. The van der Waals surface area contributed by atoms with E-state index in [9.17, 15) is 0 Å². The molecule has 2 rings (SSSR count). The van der Waals surface area contributed by atoms with Crippen LogP contribution in [0.5, 0.6) is 0 Å². The molecule has 76 valence electrons. The van der Waals surface area contributed by atoms with Gasteiger partial charge in [-0.15, -0.1) is 0 Å². The molecule has 1 aliphatic rings. The minimum absolute atomic E-state index is 0.426. The predicted octanol–water partition coefficient (Wildman–Crippen LogP) is 3.23. The van der Waals surface area contributed by atoms with Crippen LogP contribution in [-0.4, -0.2) is 4.98 Å². The quantitative estimate of drug-likeness (QED) is 0.610. The topological polar surface area (TPSA) is 12.9 Å². The van der Waals surface area contributed by atoms with Crippen molar-refractivity contribution in [3.63, 3.8) is 0 Å². The van der Waals surface area contributed by atoms with Crippen LogP contribution < -0.4 is 0 Å². The first-order valence-electron chi connectivity index (χ1n) is 5.50. The van der Waals surface area contributed by atoms with Crippen molar-refractivity contribution in [2.45, 2.75) is 40.0 Å². The highest BCUT2D eigenvalue weighted by molar-refractivity contribution is 5.23. The minimum atomic E-state index is 0.426. The van der Waals surface area contributed by atoms with E-state index in [4.69, 9.17) is 0 Å². The summed E-state index contributed by atoms with van der Waals surface area (Å²) in [5.41, 5.74) is 3.22. The number of hydrogen-bond acceptors (Lipinski definition) is 1. The van der Waals surface area contributed by atoms with Crippen LogP contribution in [0.4, 0.5) is 0 Å². The van der Waals surface area contributed by atoms with Crippen LogP contribution in [0.15, 0.2) is 18.3 Å². The van der Waals surface area contributed by atoms with E-state index in [-0.39, 0.29) is 0 Å². The number of aryl methyl sites for hydroxylation is 1. The largest absolute Gasteiger partial charge is 0.261 e. The van der Waals surface area contributed by atoms with Gasteiger partial charge >= 0.3 is 0 Å².